The molecule has 2 aromatic rings. The minimum absolute atomic E-state index is 0.330. The van der Waals surface area contributed by atoms with Crippen LogP contribution in [0.2, 0.25) is 0 Å². The van der Waals surface area contributed by atoms with E-state index in [1.54, 1.807) is 24.2 Å². The van der Waals surface area contributed by atoms with Gasteiger partial charge in [0.1, 0.15) is 5.69 Å². The number of rotatable bonds is 3. The maximum Gasteiger partial charge on any atom is 0.161 e. The van der Waals surface area contributed by atoms with E-state index in [0.717, 1.165) is 11.4 Å². The van der Waals surface area contributed by atoms with Crippen LogP contribution in [0, 0.1) is 0 Å². The van der Waals surface area contributed by atoms with Gasteiger partial charge in [-0.3, -0.25) is 9.67 Å². The van der Waals surface area contributed by atoms with Crippen LogP contribution in [0.3, 0.4) is 0 Å². The lowest BCUT2D eigenvalue weighted by molar-refractivity contribution is 0.405. The van der Waals surface area contributed by atoms with Crippen molar-refractivity contribution in [2.75, 3.05) is 7.11 Å². The van der Waals surface area contributed by atoms with E-state index in [9.17, 15) is 0 Å². The van der Waals surface area contributed by atoms with Crippen LogP contribution in [0.25, 0.3) is 0 Å². The van der Waals surface area contributed by atoms with E-state index in [1.807, 2.05) is 25.2 Å². The van der Waals surface area contributed by atoms with Crippen molar-refractivity contribution in [3.63, 3.8) is 0 Å². The number of hydrogen-bond acceptors (Lipinski definition) is 4. The molecule has 2 N–H and O–H groups in total. The lowest BCUT2D eigenvalue weighted by Gasteiger charge is -2.13. The van der Waals surface area contributed by atoms with Gasteiger partial charge in [-0.1, -0.05) is 6.07 Å². The fraction of sp³-hybridized carbons (Fsp3) is 0.273. The highest BCUT2D eigenvalue weighted by molar-refractivity contribution is 5.33. The molecule has 0 amide bonds. The van der Waals surface area contributed by atoms with Gasteiger partial charge in [0, 0.05) is 13.2 Å². The number of hydrogen-bond donors (Lipinski definition) is 1. The van der Waals surface area contributed by atoms with Crippen LogP contribution in [0.4, 0.5) is 0 Å². The van der Waals surface area contributed by atoms with Crippen molar-refractivity contribution in [2.45, 2.75) is 6.04 Å². The van der Waals surface area contributed by atoms with Gasteiger partial charge >= 0.3 is 0 Å². The first-order valence-corrected chi connectivity index (χ1v) is 4.96. The van der Waals surface area contributed by atoms with E-state index in [-0.39, 0.29) is 6.04 Å². The van der Waals surface area contributed by atoms with Gasteiger partial charge in [0.25, 0.3) is 0 Å². The third-order valence-corrected chi connectivity index (χ3v) is 2.47. The van der Waals surface area contributed by atoms with Crippen LogP contribution in [0.5, 0.6) is 5.75 Å². The number of nitrogens with two attached hydrogens (primary N) is 1. The van der Waals surface area contributed by atoms with Gasteiger partial charge in [-0.2, -0.15) is 5.10 Å². The summed E-state index contributed by atoms with van der Waals surface area (Å²) in [4.78, 5) is 4.23. The van der Waals surface area contributed by atoms with Crippen LogP contribution in [-0.4, -0.2) is 21.9 Å². The predicted octanol–water partition coefficient (Wildman–Crippen LogP) is 0.872. The van der Waals surface area contributed by atoms with Gasteiger partial charge in [-0.15, -0.1) is 0 Å². The highest BCUT2D eigenvalue weighted by Gasteiger charge is 2.19. The molecule has 0 saturated heterocycles. The summed E-state index contributed by atoms with van der Waals surface area (Å²) in [5.41, 5.74) is 7.75. The molecule has 0 radical (unpaired) electrons. The summed E-state index contributed by atoms with van der Waals surface area (Å²) in [6.07, 6.45) is 3.37. The minimum atomic E-state index is -0.330. The molecule has 0 aromatic carbocycles. The minimum Gasteiger partial charge on any atom is -0.493 e. The van der Waals surface area contributed by atoms with E-state index in [4.69, 9.17) is 10.5 Å². The average Bonchev–Trinajstić information content (AvgIpc) is 2.70. The van der Waals surface area contributed by atoms with Crippen molar-refractivity contribution in [1.82, 2.24) is 14.8 Å². The Kier molecular flexibility index (Phi) is 2.87. The molecule has 0 aliphatic carbocycles. The van der Waals surface area contributed by atoms with Crippen LogP contribution >= 0.6 is 0 Å². The molecule has 2 rings (SSSR count). The standard InChI is InChI=1S/C11H14N4O/c1-15-11(9(16-2)7-14-15)10(12)8-5-3-4-6-13-8/h3-7,10H,12H2,1-2H3. The normalized spacial score (nSPS) is 12.4. The first-order chi connectivity index (χ1) is 7.74. The summed E-state index contributed by atoms with van der Waals surface area (Å²) in [7, 11) is 3.44. The Morgan fingerprint density at radius 1 is 1.44 bits per heavy atom. The Hall–Kier alpha value is -1.88. The molecule has 2 aromatic heterocycles. The van der Waals surface area contributed by atoms with Crippen molar-refractivity contribution in [2.24, 2.45) is 12.8 Å². The number of methoxy groups -OCH3 is 1. The van der Waals surface area contributed by atoms with Gasteiger partial charge in [-0.25, -0.2) is 0 Å². The Morgan fingerprint density at radius 3 is 2.88 bits per heavy atom. The van der Waals surface area contributed by atoms with E-state index in [1.165, 1.54) is 0 Å². The Bertz CT molecular complexity index is 466. The monoisotopic (exact) mass is 218 g/mol. The molecule has 5 nitrogen and oxygen atoms in total. The number of pyridine rings is 1. The lowest BCUT2D eigenvalue weighted by Crippen LogP contribution is -2.17. The molecular weight excluding hydrogens is 204 g/mol. The summed E-state index contributed by atoms with van der Waals surface area (Å²) < 4.78 is 6.92. The number of ether oxygens (including phenoxy) is 1. The van der Waals surface area contributed by atoms with Crippen molar-refractivity contribution in [3.05, 3.63) is 42.0 Å². The molecule has 1 unspecified atom stereocenters. The molecule has 0 aliphatic heterocycles. The van der Waals surface area contributed by atoms with Gasteiger partial charge < -0.3 is 10.5 Å². The summed E-state index contributed by atoms with van der Waals surface area (Å²) in [5, 5.41) is 4.12. The van der Waals surface area contributed by atoms with Crippen LogP contribution in [-0.2, 0) is 7.05 Å². The first-order valence-electron chi connectivity index (χ1n) is 4.96. The van der Waals surface area contributed by atoms with Gasteiger partial charge in [0.05, 0.1) is 25.0 Å². The average molecular weight is 218 g/mol. The molecule has 0 bridgehead atoms. The topological polar surface area (TPSA) is 66.0 Å². The molecule has 0 fully saturated rings. The SMILES string of the molecule is COc1cnn(C)c1C(N)c1ccccn1. The van der Waals surface area contributed by atoms with Gasteiger partial charge in [0.15, 0.2) is 5.75 Å². The summed E-state index contributed by atoms with van der Waals surface area (Å²) in [6.45, 7) is 0. The molecule has 16 heavy (non-hydrogen) atoms. The molecular formula is C11H14N4O. The fourth-order valence-corrected chi connectivity index (χ4v) is 1.64. The Morgan fingerprint density at radius 2 is 2.25 bits per heavy atom. The quantitative estimate of drug-likeness (QED) is 0.830. The third-order valence-electron chi connectivity index (χ3n) is 2.47. The van der Waals surface area contributed by atoms with Crippen molar-refractivity contribution < 1.29 is 4.74 Å². The summed E-state index contributed by atoms with van der Waals surface area (Å²) in [5.74, 6) is 0.681. The van der Waals surface area contributed by atoms with Crippen LogP contribution in [0.15, 0.2) is 30.6 Å². The number of aromatic nitrogens is 3. The zero-order chi connectivity index (χ0) is 11.5. The Labute approximate surface area is 93.9 Å². The summed E-state index contributed by atoms with van der Waals surface area (Å²) >= 11 is 0. The molecule has 84 valence electrons. The molecule has 0 saturated carbocycles. The van der Waals surface area contributed by atoms with E-state index >= 15 is 0 Å². The van der Waals surface area contributed by atoms with Crippen molar-refractivity contribution >= 4 is 0 Å². The third kappa shape index (κ3) is 1.77. The zero-order valence-corrected chi connectivity index (χ0v) is 9.29. The molecule has 0 aliphatic rings. The van der Waals surface area contributed by atoms with E-state index in [0.29, 0.717) is 5.75 Å². The molecule has 1 atom stereocenters. The van der Waals surface area contributed by atoms with Crippen molar-refractivity contribution in [1.29, 1.82) is 0 Å². The molecule has 0 spiro atoms. The predicted molar refractivity (Wildman–Crippen MR) is 60.0 cm³/mol. The fourth-order valence-electron chi connectivity index (χ4n) is 1.64. The van der Waals surface area contributed by atoms with Crippen LogP contribution < -0.4 is 10.5 Å². The second-order valence-corrected chi connectivity index (χ2v) is 3.45. The summed E-state index contributed by atoms with van der Waals surface area (Å²) in [6, 6.07) is 5.32. The smallest absolute Gasteiger partial charge is 0.161 e. The largest absolute Gasteiger partial charge is 0.493 e. The zero-order valence-electron chi connectivity index (χ0n) is 9.29. The lowest BCUT2D eigenvalue weighted by atomic mass is 10.1. The van der Waals surface area contributed by atoms with Crippen LogP contribution in [0.1, 0.15) is 17.4 Å². The first kappa shape index (κ1) is 10.6. The highest BCUT2D eigenvalue weighted by atomic mass is 16.5. The maximum atomic E-state index is 6.13. The number of aryl methyl sites for hydroxylation is 1. The number of nitrogens with zero attached hydrogens (tertiary/aromatic N) is 3. The van der Waals surface area contributed by atoms with E-state index in [2.05, 4.69) is 10.1 Å². The molecule has 2 heterocycles. The maximum absolute atomic E-state index is 6.13. The van der Waals surface area contributed by atoms with Crippen molar-refractivity contribution in [3.8, 4) is 5.75 Å². The highest BCUT2D eigenvalue weighted by Crippen LogP contribution is 2.26. The van der Waals surface area contributed by atoms with Gasteiger partial charge in [-0.05, 0) is 12.1 Å². The van der Waals surface area contributed by atoms with E-state index < -0.39 is 0 Å². The molecule has 5 heteroatoms. The van der Waals surface area contributed by atoms with Gasteiger partial charge in [0.2, 0.25) is 0 Å². The Balaban J connectivity index is 2.41. The second-order valence-electron chi connectivity index (χ2n) is 3.45. The second kappa shape index (κ2) is 4.32.